The Morgan fingerprint density at radius 1 is 1.08 bits per heavy atom. The van der Waals surface area contributed by atoms with E-state index in [1.807, 2.05) is 48.7 Å². The lowest BCUT2D eigenvalue weighted by atomic mass is 10.1. The molecular weight excluding hydrogens is 302 g/mol. The van der Waals surface area contributed by atoms with Crippen LogP contribution >= 0.6 is 0 Å². The molecule has 0 aliphatic rings. The van der Waals surface area contributed by atoms with Gasteiger partial charge in [0.25, 0.3) is 0 Å². The van der Waals surface area contributed by atoms with E-state index in [9.17, 15) is 4.79 Å². The number of fused-ring (bicyclic) bond motifs is 2. The maximum Gasteiger partial charge on any atom is 0.226 e. The predicted molar refractivity (Wildman–Crippen MR) is 92.7 cm³/mol. The molecule has 0 saturated heterocycles. The van der Waals surface area contributed by atoms with E-state index >= 15 is 0 Å². The Balaban J connectivity index is 1.37. The summed E-state index contributed by atoms with van der Waals surface area (Å²) in [5.74, 6) is -0.0473. The van der Waals surface area contributed by atoms with Crippen molar-refractivity contribution in [1.29, 1.82) is 0 Å². The number of benzene rings is 2. The van der Waals surface area contributed by atoms with Gasteiger partial charge in [-0.25, -0.2) is 0 Å². The minimum atomic E-state index is -0.0473. The van der Waals surface area contributed by atoms with E-state index in [0.717, 1.165) is 17.3 Å². The number of nitrogens with one attached hydrogen (secondary N) is 2. The van der Waals surface area contributed by atoms with Crippen LogP contribution in [0, 0.1) is 0 Å². The molecule has 0 bridgehead atoms. The quantitative estimate of drug-likeness (QED) is 0.593. The highest BCUT2D eigenvalue weighted by Crippen LogP contribution is 2.19. The molecule has 0 fully saturated rings. The van der Waals surface area contributed by atoms with Crippen LogP contribution in [0.3, 0.4) is 0 Å². The summed E-state index contributed by atoms with van der Waals surface area (Å²) in [7, 11) is 0. The monoisotopic (exact) mass is 319 g/mol. The van der Waals surface area contributed by atoms with Crippen LogP contribution in [0.4, 0.5) is 0 Å². The predicted octanol–water partition coefficient (Wildman–Crippen LogP) is 3.21. The zero-order chi connectivity index (χ0) is 16.4. The molecule has 0 atom stereocenters. The van der Waals surface area contributed by atoms with Crippen LogP contribution in [0.15, 0.2) is 59.3 Å². The zero-order valence-electron chi connectivity index (χ0n) is 13.1. The number of nitrogens with zero attached hydrogens (tertiary/aromatic N) is 1. The Labute approximate surface area is 138 Å². The Morgan fingerprint density at radius 2 is 1.88 bits per heavy atom. The molecule has 4 aromatic rings. The standard InChI is InChI=1S/C19H17N3O2/c23-19(11-17-15-6-2-4-8-18(15)24-22-17)20-10-9-13-12-21-16-7-3-1-5-14(13)16/h1-8,12,21H,9-11H2,(H,20,23). The minimum Gasteiger partial charge on any atom is -0.361 e. The van der Waals surface area contributed by atoms with E-state index in [4.69, 9.17) is 4.52 Å². The van der Waals surface area contributed by atoms with E-state index in [1.165, 1.54) is 10.9 Å². The van der Waals surface area contributed by atoms with Crippen LogP contribution in [0.2, 0.25) is 0 Å². The van der Waals surface area contributed by atoms with E-state index in [1.54, 1.807) is 0 Å². The van der Waals surface area contributed by atoms with Crippen molar-refractivity contribution in [2.45, 2.75) is 12.8 Å². The molecule has 0 spiro atoms. The van der Waals surface area contributed by atoms with Crippen molar-refractivity contribution in [2.24, 2.45) is 0 Å². The molecule has 0 radical (unpaired) electrons. The summed E-state index contributed by atoms with van der Waals surface area (Å²) in [6.07, 6.45) is 3.02. The van der Waals surface area contributed by atoms with Crippen LogP contribution in [-0.2, 0) is 17.6 Å². The van der Waals surface area contributed by atoms with Gasteiger partial charge in [-0.15, -0.1) is 0 Å². The van der Waals surface area contributed by atoms with Crippen molar-refractivity contribution >= 4 is 27.8 Å². The van der Waals surface area contributed by atoms with Gasteiger partial charge in [-0.05, 0) is 30.2 Å². The van der Waals surface area contributed by atoms with Gasteiger partial charge in [0, 0.05) is 29.0 Å². The van der Waals surface area contributed by atoms with E-state index in [0.29, 0.717) is 17.8 Å². The topological polar surface area (TPSA) is 70.9 Å². The summed E-state index contributed by atoms with van der Waals surface area (Å²) >= 11 is 0. The number of amides is 1. The third-order valence-corrected chi connectivity index (χ3v) is 4.17. The fourth-order valence-corrected chi connectivity index (χ4v) is 2.96. The van der Waals surface area contributed by atoms with Crippen molar-refractivity contribution in [3.8, 4) is 0 Å². The van der Waals surface area contributed by atoms with E-state index in [-0.39, 0.29) is 12.3 Å². The maximum atomic E-state index is 12.1. The van der Waals surface area contributed by atoms with Crippen molar-refractivity contribution in [1.82, 2.24) is 15.5 Å². The van der Waals surface area contributed by atoms with Crippen LogP contribution in [0.25, 0.3) is 21.9 Å². The average Bonchev–Trinajstić information content (AvgIpc) is 3.20. The van der Waals surface area contributed by atoms with Gasteiger partial charge in [0.1, 0.15) is 5.69 Å². The van der Waals surface area contributed by atoms with E-state index in [2.05, 4.69) is 21.5 Å². The lowest BCUT2D eigenvalue weighted by Crippen LogP contribution is -2.27. The highest BCUT2D eigenvalue weighted by Gasteiger charge is 2.12. The number of carbonyl (C=O) groups is 1. The first kappa shape index (κ1) is 14.5. The lowest BCUT2D eigenvalue weighted by Gasteiger charge is -2.03. The molecule has 0 saturated carbocycles. The largest absolute Gasteiger partial charge is 0.361 e. The molecule has 4 rings (SSSR count). The fraction of sp³-hybridized carbons (Fsp3) is 0.158. The molecule has 5 heteroatoms. The number of carbonyl (C=O) groups excluding carboxylic acids is 1. The molecule has 2 aromatic carbocycles. The number of hydrogen-bond acceptors (Lipinski definition) is 3. The van der Waals surface area contributed by atoms with E-state index < -0.39 is 0 Å². The normalized spacial score (nSPS) is 11.2. The maximum absolute atomic E-state index is 12.1. The number of rotatable bonds is 5. The summed E-state index contributed by atoms with van der Waals surface area (Å²) in [5, 5.41) is 9.04. The Hall–Kier alpha value is -3.08. The molecule has 120 valence electrons. The van der Waals surface area contributed by atoms with Gasteiger partial charge in [-0.1, -0.05) is 35.5 Å². The number of hydrogen-bond donors (Lipinski definition) is 2. The number of H-pyrrole nitrogens is 1. The molecule has 2 N–H and O–H groups in total. The lowest BCUT2D eigenvalue weighted by molar-refractivity contribution is -0.120. The summed E-state index contributed by atoms with van der Waals surface area (Å²) in [6, 6.07) is 15.7. The Bertz CT molecular complexity index is 1000. The first-order chi connectivity index (χ1) is 11.8. The van der Waals surface area contributed by atoms with Crippen molar-refractivity contribution < 1.29 is 9.32 Å². The summed E-state index contributed by atoms with van der Waals surface area (Å²) in [5.41, 5.74) is 3.71. The number of para-hydroxylation sites is 2. The molecule has 0 unspecified atom stereocenters. The highest BCUT2D eigenvalue weighted by atomic mass is 16.5. The third kappa shape index (κ3) is 2.76. The SMILES string of the molecule is O=C(Cc1noc2ccccc12)NCCc1c[nH]c2ccccc12. The van der Waals surface area contributed by atoms with Crippen LogP contribution in [0.5, 0.6) is 0 Å². The smallest absolute Gasteiger partial charge is 0.226 e. The molecule has 2 aromatic heterocycles. The van der Waals surface area contributed by atoms with Gasteiger partial charge in [0.2, 0.25) is 5.91 Å². The van der Waals surface area contributed by atoms with Gasteiger partial charge < -0.3 is 14.8 Å². The molecule has 1 amide bonds. The summed E-state index contributed by atoms with van der Waals surface area (Å²) < 4.78 is 5.23. The van der Waals surface area contributed by atoms with Gasteiger partial charge >= 0.3 is 0 Å². The average molecular weight is 319 g/mol. The number of aromatic nitrogens is 2. The summed E-state index contributed by atoms with van der Waals surface area (Å²) in [4.78, 5) is 15.4. The number of aromatic amines is 1. The van der Waals surface area contributed by atoms with Crippen LogP contribution < -0.4 is 5.32 Å². The van der Waals surface area contributed by atoms with Crippen molar-refractivity contribution in [3.63, 3.8) is 0 Å². The van der Waals surface area contributed by atoms with Crippen molar-refractivity contribution in [3.05, 3.63) is 66.0 Å². The third-order valence-electron chi connectivity index (χ3n) is 4.17. The molecular formula is C19H17N3O2. The van der Waals surface area contributed by atoms with Gasteiger partial charge in [-0.2, -0.15) is 0 Å². The first-order valence-corrected chi connectivity index (χ1v) is 7.96. The fourth-order valence-electron chi connectivity index (χ4n) is 2.96. The Kier molecular flexibility index (Phi) is 3.75. The second-order valence-electron chi connectivity index (χ2n) is 5.76. The van der Waals surface area contributed by atoms with Gasteiger partial charge in [0.15, 0.2) is 5.58 Å². The molecule has 0 aliphatic carbocycles. The zero-order valence-corrected chi connectivity index (χ0v) is 13.1. The molecule has 0 aliphatic heterocycles. The molecule has 5 nitrogen and oxygen atoms in total. The Morgan fingerprint density at radius 3 is 2.79 bits per heavy atom. The first-order valence-electron chi connectivity index (χ1n) is 7.96. The van der Waals surface area contributed by atoms with Gasteiger partial charge in [-0.3, -0.25) is 4.79 Å². The molecule has 2 heterocycles. The van der Waals surface area contributed by atoms with Crippen LogP contribution in [-0.4, -0.2) is 22.6 Å². The van der Waals surface area contributed by atoms with Gasteiger partial charge in [0.05, 0.1) is 6.42 Å². The second-order valence-corrected chi connectivity index (χ2v) is 5.76. The van der Waals surface area contributed by atoms with Crippen molar-refractivity contribution in [2.75, 3.05) is 6.54 Å². The highest BCUT2D eigenvalue weighted by molar-refractivity contribution is 5.86. The minimum absolute atomic E-state index is 0.0473. The summed E-state index contributed by atoms with van der Waals surface area (Å²) in [6.45, 7) is 0.594. The second kappa shape index (κ2) is 6.20. The molecule has 24 heavy (non-hydrogen) atoms. The van der Waals surface area contributed by atoms with Crippen LogP contribution in [0.1, 0.15) is 11.3 Å².